The van der Waals surface area contributed by atoms with Crippen molar-refractivity contribution in [1.82, 2.24) is 20.1 Å². The molecular weight excluding hydrogens is 332 g/mol. The Morgan fingerprint density at radius 3 is 2.76 bits per heavy atom. The van der Waals surface area contributed by atoms with Gasteiger partial charge in [0.05, 0.1) is 16.9 Å². The van der Waals surface area contributed by atoms with Crippen LogP contribution in [-0.2, 0) is 18.3 Å². The Balaban J connectivity index is 1.47. The second-order valence-corrected chi connectivity index (χ2v) is 6.83. The Bertz CT molecular complexity index is 877. The highest BCUT2D eigenvalue weighted by Crippen LogP contribution is 2.21. The molecule has 0 aliphatic rings. The molecule has 0 aliphatic heterocycles. The maximum atomic E-state index is 11.8. The lowest BCUT2D eigenvalue weighted by atomic mass is 10.1. The Morgan fingerprint density at radius 2 is 2.12 bits per heavy atom. The zero-order chi connectivity index (χ0) is 17.6. The number of aromatic nitrogens is 3. The summed E-state index contributed by atoms with van der Waals surface area (Å²) < 4.78 is 1.70. The van der Waals surface area contributed by atoms with Gasteiger partial charge in [0.2, 0.25) is 5.91 Å². The molecule has 0 unspecified atom stereocenters. The van der Waals surface area contributed by atoms with E-state index in [4.69, 9.17) is 0 Å². The van der Waals surface area contributed by atoms with E-state index >= 15 is 0 Å². The van der Waals surface area contributed by atoms with E-state index in [-0.39, 0.29) is 5.91 Å². The van der Waals surface area contributed by atoms with Crippen LogP contribution in [0.3, 0.4) is 0 Å². The van der Waals surface area contributed by atoms with Crippen LogP contribution in [-0.4, -0.2) is 27.2 Å². The van der Waals surface area contributed by atoms with Crippen LogP contribution >= 0.6 is 11.3 Å². The summed E-state index contributed by atoms with van der Waals surface area (Å²) in [6, 6.07) is 8.32. The molecule has 25 heavy (non-hydrogen) atoms. The summed E-state index contributed by atoms with van der Waals surface area (Å²) in [6.45, 7) is 2.61. The predicted molar refractivity (Wildman–Crippen MR) is 101 cm³/mol. The highest BCUT2D eigenvalue weighted by Gasteiger charge is 2.02. The molecule has 3 rings (SSSR count). The van der Waals surface area contributed by atoms with Gasteiger partial charge >= 0.3 is 0 Å². The predicted octanol–water partition coefficient (Wildman–Crippen LogP) is 3.22. The Morgan fingerprint density at radius 1 is 1.32 bits per heavy atom. The van der Waals surface area contributed by atoms with E-state index in [0.29, 0.717) is 6.54 Å². The molecule has 1 aromatic carbocycles. The Hall–Kier alpha value is -2.73. The zero-order valence-corrected chi connectivity index (χ0v) is 15.1. The molecule has 1 N–H and O–H groups in total. The molecule has 0 saturated heterocycles. The maximum Gasteiger partial charge on any atom is 0.244 e. The fourth-order valence-electron chi connectivity index (χ4n) is 2.43. The molecule has 6 heteroatoms. The molecule has 0 saturated carbocycles. The summed E-state index contributed by atoms with van der Waals surface area (Å²) in [4.78, 5) is 16.3. The van der Waals surface area contributed by atoms with Crippen LogP contribution in [0.1, 0.15) is 16.1 Å². The summed E-state index contributed by atoms with van der Waals surface area (Å²) in [5.41, 5.74) is 4.23. The van der Waals surface area contributed by atoms with Crippen molar-refractivity contribution in [1.29, 1.82) is 0 Å². The number of amides is 1. The third-order valence-corrected chi connectivity index (χ3v) is 4.51. The lowest BCUT2D eigenvalue weighted by Crippen LogP contribution is -2.23. The van der Waals surface area contributed by atoms with Crippen LogP contribution in [0, 0.1) is 6.92 Å². The molecule has 0 bridgehead atoms. The molecule has 0 spiro atoms. The molecule has 0 aliphatic carbocycles. The SMILES string of the molecule is Cc1nc(-c2ccc(CCNC(=O)/C=C\c3cnn(C)c3)cc2)cs1. The van der Waals surface area contributed by atoms with E-state index in [1.54, 1.807) is 28.3 Å². The van der Waals surface area contributed by atoms with Crippen molar-refractivity contribution in [2.24, 2.45) is 7.05 Å². The first-order valence-corrected chi connectivity index (χ1v) is 8.94. The number of hydrogen-bond acceptors (Lipinski definition) is 4. The number of nitrogens with zero attached hydrogens (tertiary/aromatic N) is 3. The zero-order valence-electron chi connectivity index (χ0n) is 14.3. The van der Waals surface area contributed by atoms with Gasteiger partial charge in [0.1, 0.15) is 0 Å². The molecule has 2 heterocycles. The maximum absolute atomic E-state index is 11.8. The Labute approximate surface area is 151 Å². The topological polar surface area (TPSA) is 59.8 Å². The number of nitrogens with one attached hydrogen (secondary N) is 1. The van der Waals surface area contributed by atoms with Gasteiger partial charge in [0, 0.05) is 42.4 Å². The molecule has 2 aromatic heterocycles. The Kier molecular flexibility index (Phi) is 5.40. The van der Waals surface area contributed by atoms with Gasteiger partial charge in [-0.15, -0.1) is 11.3 Å². The summed E-state index contributed by atoms with van der Waals surface area (Å²) in [5.74, 6) is -0.0987. The molecular formula is C19H20N4OS. The van der Waals surface area contributed by atoms with Gasteiger partial charge in [0.15, 0.2) is 0 Å². The van der Waals surface area contributed by atoms with Gasteiger partial charge < -0.3 is 5.32 Å². The highest BCUT2D eigenvalue weighted by atomic mass is 32.1. The third kappa shape index (κ3) is 4.87. The molecule has 3 aromatic rings. The first-order valence-electron chi connectivity index (χ1n) is 8.06. The number of carbonyl (C=O) groups is 1. The number of benzene rings is 1. The van der Waals surface area contributed by atoms with Crippen LogP contribution in [0.5, 0.6) is 0 Å². The van der Waals surface area contributed by atoms with Gasteiger partial charge in [-0.2, -0.15) is 5.10 Å². The normalized spacial score (nSPS) is 11.1. The molecule has 128 valence electrons. The van der Waals surface area contributed by atoms with Gasteiger partial charge in [-0.05, 0) is 25.0 Å². The first kappa shape index (κ1) is 17.1. The van der Waals surface area contributed by atoms with Crippen LogP contribution < -0.4 is 5.32 Å². The van der Waals surface area contributed by atoms with Crippen molar-refractivity contribution >= 4 is 23.3 Å². The number of aryl methyl sites for hydroxylation is 2. The van der Waals surface area contributed by atoms with Gasteiger partial charge in [-0.1, -0.05) is 24.3 Å². The molecule has 5 nitrogen and oxygen atoms in total. The van der Waals surface area contributed by atoms with Crippen molar-refractivity contribution < 1.29 is 4.79 Å². The van der Waals surface area contributed by atoms with Crippen LogP contribution in [0.2, 0.25) is 0 Å². The number of carbonyl (C=O) groups excluding carboxylic acids is 1. The van der Waals surface area contributed by atoms with E-state index in [1.165, 1.54) is 11.6 Å². The third-order valence-electron chi connectivity index (χ3n) is 3.73. The summed E-state index contributed by atoms with van der Waals surface area (Å²) in [5, 5.41) is 10.1. The smallest absolute Gasteiger partial charge is 0.244 e. The highest BCUT2D eigenvalue weighted by molar-refractivity contribution is 7.09. The second kappa shape index (κ2) is 7.90. The van der Waals surface area contributed by atoms with Crippen LogP contribution in [0.4, 0.5) is 0 Å². The van der Waals surface area contributed by atoms with Gasteiger partial charge in [-0.25, -0.2) is 4.98 Å². The van der Waals surface area contributed by atoms with E-state index in [1.807, 2.05) is 20.2 Å². The van der Waals surface area contributed by atoms with Crippen molar-refractivity contribution in [2.75, 3.05) is 6.54 Å². The molecule has 0 radical (unpaired) electrons. The van der Waals surface area contributed by atoms with Crippen molar-refractivity contribution in [2.45, 2.75) is 13.3 Å². The van der Waals surface area contributed by atoms with Crippen molar-refractivity contribution in [3.8, 4) is 11.3 Å². The molecule has 1 amide bonds. The van der Waals surface area contributed by atoms with E-state index in [2.05, 4.69) is 45.0 Å². The van der Waals surface area contributed by atoms with Gasteiger partial charge in [-0.3, -0.25) is 9.48 Å². The minimum Gasteiger partial charge on any atom is -0.352 e. The van der Waals surface area contributed by atoms with E-state index in [0.717, 1.165) is 28.2 Å². The fourth-order valence-corrected chi connectivity index (χ4v) is 3.05. The first-order chi connectivity index (χ1) is 12.1. The average molecular weight is 352 g/mol. The quantitative estimate of drug-likeness (QED) is 0.693. The lowest BCUT2D eigenvalue weighted by molar-refractivity contribution is -0.116. The number of hydrogen-bond donors (Lipinski definition) is 1. The van der Waals surface area contributed by atoms with E-state index in [9.17, 15) is 4.79 Å². The standard InChI is InChI=1S/C19H20N4OS/c1-14-22-18(13-25-14)17-6-3-15(4-7-17)9-10-20-19(24)8-5-16-11-21-23(2)12-16/h3-8,11-13H,9-10H2,1-2H3,(H,20,24)/b8-5-. The lowest BCUT2D eigenvalue weighted by Gasteiger charge is -2.04. The number of rotatable bonds is 6. The van der Waals surface area contributed by atoms with E-state index < -0.39 is 0 Å². The largest absolute Gasteiger partial charge is 0.352 e. The number of thiazole rings is 1. The summed E-state index contributed by atoms with van der Waals surface area (Å²) >= 11 is 1.65. The minimum absolute atomic E-state index is 0.0987. The second-order valence-electron chi connectivity index (χ2n) is 5.77. The van der Waals surface area contributed by atoms with Gasteiger partial charge in [0.25, 0.3) is 0 Å². The molecule has 0 atom stereocenters. The summed E-state index contributed by atoms with van der Waals surface area (Å²) in [6.07, 6.45) is 7.66. The molecule has 0 fully saturated rings. The van der Waals surface area contributed by atoms with Crippen LogP contribution in [0.25, 0.3) is 17.3 Å². The summed E-state index contributed by atoms with van der Waals surface area (Å²) in [7, 11) is 1.85. The average Bonchev–Trinajstić information content (AvgIpc) is 3.22. The monoisotopic (exact) mass is 352 g/mol. The van der Waals surface area contributed by atoms with Crippen molar-refractivity contribution in [3.63, 3.8) is 0 Å². The minimum atomic E-state index is -0.0987. The van der Waals surface area contributed by atoms with Crippen LogP contribution in [0.15, 0.2) is 48.1 Å². The fraction of sp³-hybridized carbons (Fsp3) is 0.211. The van der Waals surface area contributed by atoms with Crippen molar-refractivity contribution in [3.05, 3.63) is 64.2 Å².